The van der Waals surface area contributed by atoms with Crippen LogP contribution in [0.4, 0.5) is 5.69 Å². The summed E-state index contributed by atoms with van der Waals surface area (Å²) in [6.45, 7) is 2.50. The number of imide groups is 1. The molecule has 0 N–H and O–H groups in total. The smallest absolute Gasteiger partial charge is 0.271 e. The summed E-state index contributed by atoms with van der Waals surface area (Å²) in [4.78, 5) is 27.8. The van der Waals surface area contributed by atoms with Gasteiger partial charge in [-0.25, -0.2) is 4.90 Å². The minimum Gasteiger partial charge on any atom is -0.360 e. The van der Waals surface area contributed by atoms with E-state index in [0.29, 0.717) is 24.3 Å². The molecule has 0 aliphatic carbocycles. The molecule has 0 aromatic heterocycles. The molecule has 2 aliphatic rings. The molecular weight excluding hydrogens is 326 g/mol. The maximum Gasteiger partial charge on any atom is 0.271 e. The monoisotopic (exact) mass is 347 g/mol. The zero-order chi connectivity index (χ0) is 18.1. The first-order valence-corrected chi connectivity index (χ1v) is 8.98. The fourth-order valence-corrected chi connectivity index (χ4v) is 3.77. The van der Waals surface area contributed by atoms with E-state index < -0.39 is 5.60 Å². The van der Waals surface area contributed by atoms with E-state index in [2.05, 4.69) is 0 Å². The lowest BCUT2D eigenvalue weighted by molar-refractivity contribution is -0.140. The lowest BCUT2D eigenvalue weighted by Gasteiger charge is -2.32. The van der Waals surface area contributed by atoms with Crippen molar-refractivity contribution < 1.29 is 14.3 Å². The summed E-state index contributed by atoms with van der Waals surface area (Å²) in [6, 6.07) is 17.0. The van der Waals surface area contributed by atoms with Gasteiger partial charge >= 0.3 is 0 Å². The van der Waals surface area contributed by atoms with Gasteiger partial charge in [0.2, 0.25) is 0 Å². The van der Waals surface area contributed by atoms with E-state index in [1.807, 2.05) is 55.5 Å². The Balaban J connectivity index is 1.84. The second-order valence-corrected chi connectivity index (χ2v) is 6.89. The molecule has 2 aromatic rings. The van der Waals surface area contributed by atoms with Crippen LogP contribution in [-0.2, 0) is 14.3 Å². The molecule has 0 bridgehead atoms. The van der Waals surface area contributed by atoms with Crippen molar-refractivity contribution in [2.75, 3.05) is 11.5 Å². The van der Waals surface area contributed by atoms with Gasteiger partial charge in [0.1, 0.15) is 0 Å². The standard InChI is InChI=1S/C22H21NO3/c1-16-8-7-9-17(14-16)15-19-20(24)23(18-10-3-2-4-11-18)21(25)22(19)12-5-6-13-26-22/h2-4,7-11,14-15H,5-6,12-13H2,1H3/b19-15-. The van der Waals surface area contributed by atoms with E-state index in [4.69, 9.17) is 4.74 Å². The summed E-state index contributed by atoms with van der Waals surface area (Å²) in [6.07, 6.45) is 4.14. The molecular formula is C22H21NO3. The number of benzene rings is 2. The van der Waals surface area contributed by atoms with Gasteiger partial charge in [-0.05, 0) is 50.0 Å². The number of ether oxygens (including phenoxy) is 1. The molecule has 1 spiro atoms. The van der Waals surface area contributed by atoms with Crippen LogP contribution in [0.25, 0.3) is 6.08 Å². The second-order valence-electron chi connectivity index (χ2n) is 6.89. The molecule has 2 saturated heterocycles. The van der Waals surface area contributed by atoms with Crippen LogP contribution in [0.2, 0.25) is 0 Å². The van der Waals surface area contributed by atoms with Crippen molar-refractivity contribution in [1.82, 2.24) is 0 Å². The second kappa shape index (κ2) is 6.54. The molecule has 2 aliphatic heterocycles. The first-order chi connectivity index (χ1) is 12.6. The molecule has 4 nitrogen and oxygen atoms in total. The average molecular weight is 347 g/mol. The Morgan fingerprint density at radius 3 is 2.54 bits per heavy atom. The summed E-state index contributed by atoms with van der Waals surface area (Å²) in [5.74, 6) is -0.558. The van der Waals surface area contributed by atoms with Crippen molar-refractivity contribution >= 4 is 23.6 Å². The van der Waals surface area contributed by atoms with Crippen LogP contribution >= 0.6 is 0 Å². The van der Waals surface area contributed by atoms with Crippen LogP contribution in [0.1, 0.15) is 30.4 Å². The van der Waals surface area contributed by atoms with Crippen molar-refractivity contribution in [3.05, 3.63) is 71.3 Å². The maximum absolute atomic E-state index is 13.3. The lowest BCUT2D eigenvalue weighted by Crippen LogP contribution is -2.45. The molecule has 26 heavy (non-hydrogen) atoms. The number of anilines is 1. The Morgan fingerprint density at radius 1 is 1.04 bits per heavy atom. The average Bonchev–Trinajstić information content (AvgIpc) is 2.85. The highest BCUT2D eigenvalue weighted by Gasteiger charge is 2.57. The van der Waals surface area contributed by atoms with E-state index in [1.54, 1.807) is 12.1 Å². The van der Waals surface area contributed by atoms with E-state index >= 15 is 0 Å². The van der Waals surface area contributed by atoms with Crippen molar-refractivity contribution in [1.29, 1.82) is 0 Å². The van der Waals surface area contributed by atoms with Crippen molar-refractivity contribution in [3.8, 4) is 0 Å². The van der Waals surface area contributed by atoms with Crippen LogP contribution in [-0.4, -0.2) is 24.0 Å². The fraction of sp³-hybridized carbons (Fsp3) is 0.273. The summed E-state index contributed by atoms with van der Waals surface area (Å²) < 4.78 is 6.00. The van der Waals surface area contributed by atoms with Gasteiger partial charge in [-0.1, -0.05) is 48.0 Å². The summed E-state index contributed by atoms with van der Waals surface area (Å²) in [5.41, 5.74) is 1.88. The highest BCUT2D eigenvalue weighted by Crippen LogP contribution is 2.42. The van der Waals surface area contributed by atoms with E-state index in [9.17, 15) is 9.59 Å². The molecule has 132 valence electrons. The van der Waals surface area contributed by atoms with Gasteiger partial charge in [0.25, 0.3) is 11.8 Å². The lowest BCUT2D eigenvalue weighted by atomic mass is 9.86. The van der Waals surface area contributed by atoms with Gasteiger partial charge in [-0.15, -0.1) is 0 Å². The Morgan fingerprint density at radius 2 is 1.85 bits per heavy atom. The molecule has 1 unspecified atom stereocenters. The zero-order valence-electron chi connectivity index (χ0n) is 14.8. The van der Waals surface area contributed by atoms with Gasteiger partial charge in [0, 0.05) is 6.61 Å². The normalized spacial score (nSPS) is 24.7. The van der Waals surface area contributed by atoms with Gasteiger partial charge in [-0.3, -0.25) is 9.59 Å². The first kappa shape index (κ1) is 16.7. The minimum absolute atomic E-state index is 0.271. The molecule has 0 radical (unpaired) electrons. The molecule has 2 amide bonds. The molecule has 0 saturated carbocycles. The van der Waals surface area contributed by atoms with E-state index in [1.165, 1.54) is 4.90 Å². The number of hydrogen-bond acceptors (Lipinski definition) is 3. The maximum atomic E-state index is 13.3. The van der Waals surface area contributed by atoms with Crippen molar-refractivity contribution in [2.45, 2.75) is 31.8 Å². The third-order valence-electron chi connectivity index (χ3n) is 5.06. The highest BCUT2D eigenvalue weighted by molar-refractivity contribution is 6.33. The molecule has 2 fully saturated rings. The quantitative estimate of drug-likeness (QED) is 0.612. The summed E-state index contributed by atoms with van der Waals surface area (Å²) in [7, 11) is 0. The fourth-order valence-electron chi connectivity index (χ4n) is 3.77. The Labute approximate surface area is 153 Å². The Kier molecular flexibility index (Phi) is 4.21. The van der Waals surface area contributed by atoms with Crippen LogP contribution < -0.4 is 4.90 Å². The number of rotatable bonds is 2. The minimum atomic E-state index is -1.16. The van der Waals surface area contributed by atoms with Gasteiger partial charge < -0.3 is 4.74 Å². The van der Waals surface area contributed by atoms with Crippen molar-refractivity contribution in [2.24, 2.45) is 0 Å². The topological polar surface area (TPSA) is 46.6 Å². The SMILES string of the molecule is Cc1cccc(/C=C2/C(=O)N(c3ccccc3)C(=O)C23CCCCO3)c1. The molecule has 4 heteroatoms. The number of nitrogens with zero attached hydrogens (tertiary/aromatic N) is 1. The zero-order valence-corrected chi connectivity index (χ0v) is 14.8. The number of carbonyl (C=O) groups excluding carboxylic acids is 2. The van der Waals surface area contributed by atoms with Crippen LogP contribution in [0.5, 0.6) is 0 Å². The number of carbonyl (C=O) groups is 2. The van der Waals surface area contributed by atoms with Gasteiger partial charge in [-0.2, -0.15) is 0 Å². The summed E-state index contributed by atoms with van der Waals surface area (Å²) >= 11 is 0. The van der Waals surface area contributed by atoms with Crippen molar-refractivity contribution in [3.63, 3.8) is 0 Å². The number of hydrogen-bond donors (Lipinski definition) is 0. The third-order valence-corrected chi connectivity index (χ3v) is 5.06. The molecule has 1 atom stereocenters. The van der Waals surface area contributed by atoms with Gasteiger partial charge in [0.05, 0.1) is 11.3 Å². The summed E-state index contributed by atoms with van der Waals surface area (Å²) in [5, 5.41) is 0. The van der Waals surface area contributed by atoms with Crippen LogP contribution in [0.15, 0.2) is 60.2 Å². The van der Waals surface area contributed by atoms with E-state index in [0.717, 1.165) is 24.0 Å². The Bertz CT molecular complexity index is 879. The van der Waals surface area contributed by atoms with E-state index in [-0.39, 0.29) is 11.8 Å². The molecule has 2 heterocycles. The Hall–Kier alpha value is -2.72. The predicted molar refractivity (Wildman–Crippen MR) is 101 cm³/mol. The van der Waals surface area contributed by atoms with Gasteiger partial charge in [0.15, 0.2) is 5.60 Å². The first-order valence-electron chi connectivity index (χ1n) is 8.98. The highest BCUT2D eigenvalue weighted by atomic mass is 16.5. The largest absolute Gasteiger partial charge is 0.360 e. The number of aryl methyl sites for hydroxylation is 1. The number of para-hydroxylation sites is 1. The molecule has 4 rings (SSSR count). The van der Waals surface area contributed by atoms with Crippen LogP contribution in [0.3, 0.4) is 0 Å². The number of amides is 2. The predicted octanol–water partition coefficient (Wildman–Crippen LogP) is 3.89. The third kappa shape index (κ3) is 2.67. The van der Waals surface area contributed by atoms with Crippen LogP contribution in [0, 0.1) is 6.92 Å². The molecule has 2 aromatic carbocycles.